The van der Waals surface area contributed by atoms with Crippen LogP contribution in [0.4, 0.5) is 0 Å². The van der Waals surface area contributed by atoms with Gasteiger partial charge in [0.1, 0.15) is 5.54 Å². The SMILES string of the molecule is NC1(C(=O)O)C=CC2=C(C1)C(=O)c1ccccc1C2=O. The van der Waals surface area contributed by atoms with Gasteiger partial charge < -0.3 is 10.8 Å². The predicted octanol–water partition coefficient (Wildman–Crippen LogP) is 1.10. The molecular weight excluding hydrogens is 258 g/mol. The van der Waals surface area contributed by atoms with Gasteiger partial charge in [0.25, 0.3) is 0 Å². The second-order valence-corrected chi connectivity index (χ2v) is 4.95. The maximum absolute atomic E-state index is 12.4. The van der Waals surface area contributed by atoms with Gasteiger partial charge in [-0.25, -0.2) is 4.79 Å². The van der Waals surface area contributed by atoms with Crippen LogP contribution >= 0.6 is 0 Å². The molecule has 0 fully saturated rings. The largest absolute Gasteiger partial charge is 0.480 e. The third kappa shape index (κ3) is 1.57. The van der Waals surface area contributed by atoms with E-state index in [9.17, 15) is 14.4 Å². The predicted molar refractivity (Wildman–Crippen MR) is 70.4 cm³/mol. The Bertz CT molecular complexity index is 729. The molecular formula is C15H11NO4. The van der Waals surface area contributed by atoms with E-state index in [0.29, 0.717) is 11.1 Å². The molecule has 0 radical (unpaired) electrons. The molecule has 2 aliphatic rings. The molecule has 0 saturated heterocycles. The van der Waals surface area contributed by atoms with Gasteiger partial charge in [0.2, 0.25) is 0 Å². The molecule has 0 saturated carbocycles. The van der Waals surface area contributed by atoms with Crippen LogP contribution in [-0.2, 0) is 4.79 Å². The lowest BCUT2D eigenvalue weighted by molar-refractivity contribution is -0.141. The summed E-state index contributed by atoms with van der Waals surface area (Å²) in [5.41, 5.74) is 5.20. The minimum Gasteiger partial charge on any atom is -0.480 e. The molecule has 3 N–H and O–H groups in total. The molecule has 1 aromatic rings. The van der Waals surface area contributed by atoms with Gasteiger partial charge in [-0.05, 0) is 0 Å². The Morgan fingerprint density at radius 1 is 1.15 bits per heavy atom. The number of hydrogen-bond acceptors (Lipinski definition) is 4. The summed E-state index contributed by atoms with van der Waals surface area (Å²) in [6.07, 6.45) is 2.45. The van der Waals surface area contributed by atoms with Crippen LogP contribution in [0.15, 0.2) is 47.6 Å². The van der Waals surface area contributed by atoms with Crippen molar-refractivity contribution in [3.8, 4) is 0 Å². The highest BCUT2D eigenvalue weighted by Crippen LogP contribution is 2.34. The number of fused-ring (bicyclic) bond motifs is 1. The van der Waals surface area contributed by atoms with Gasteiger partial charge in [-0.15, -0.1) is 0 Å². The number of rotatable bonds is 1. The lowest BCUT2D eigenvalue weighted by atomic mass is 9.75. The summed E-state index contributed by atoms with van der Waals surface area (Å²) in [5.74, 6) is -1.81. The summed E-state index contributed by atoms with van der Waals surface area (Å²) in [4.78, 5) is 35.9. The number of hydrogen-bond donors (Lipinski definition) is 2. The summed E-state index contributed by atoms with van der Waals surface area (Å²) < 4.78 is 0. The van der Waals surface area contributed by atoms with E-state index in [1.165, 1.54) is 12.2 Å². The second kappa shape index (κ2) is 3.98. The first kappa shape index (κ1) is 12.5. The molecule has 1 aromatic carbocycles. The zero-order valence-corrected chi connectivity index (χ0v) is 10.4. The number of allylic oxidation sites excluding steroid dienone is 2. The van der Waals surface area contributed by atoms with E-state index < -0.39 is 11.5 Å². The molecule has 0 aliphatic heterocycles. The molecule has 2 aliphatic carbocycles. The Morgan fingerprint density at radius 3 is 2.35 bits per heavy atom. The van der Waals surface area contributed by atoms with Crippen molar-refractivity contribution >= 4 is 17.5 Å². The number of carbonyl (C=O) groups is 3. The summed E-state index contributed by atoms with van der Waals surface area (Å²) in [6, 6.07) is 6.51. The highest BCUT2D eigenvalue weighted by molar-refractivity contribution is 6.28. The van der Waals surface area contributed by atoms with Gasteiger partial charge in [-0.1, -0.05) is 36.4 Å². The van der Waals surface area contributed by atoms with Crippen LogP contribution in [0.1, 0.15) is 27.1 Å². The molecule has 5 nitrogen and oxygen atoms in total. The van der Waals surface area contributed by atoms with Crippen molar-refractivity contribution in [3.05, 3.63) is 58.7 Å². The number of ketones is 2. The van der Waals surface area contributed by atoms with E-state index in [1.807, 2.05) is 0 Å². The smallest absolute Gasteiger partial charge is 0.328 e. The van der Waals surface area contributed by atoms with Gasteiger partial charge >= 0.3 is 5.97 Å². The normalized spacial score (nSPS) is 24.4. The van der Waals surface area contributed by atoms with Gasteiger partial charge in [0, 0.05) is 28.7 Å². The Hall–Kier alpha value is -2.53. The number of benzene rings is 1. The number of carboxylic acids is 1. The zero-order chi connectivity index (χ0) is 14.5. The fraction of sp³-hybridized carbons (Fsp3) is 0.133. The molecule has 0 bridgehead atoms. The molecule has 0 heterocycles. The van der Waals surface area contributed by atoms with E-state index in [0.717, 1.165) is 0 Å². The number of nitrogens with two attached hydrogens (primary N) is 1. The van der Waals surface area contributed by atoms with Crippen LogP contribution in [0.25, 0.3) is 0 Å². The van der Waals surface area contributed by atoms with Crippen molar-refractivity contribution in [2.24, 2.45) is 5.73 Å². The first-order valence-electron chi connectivity index (χ1n) is 6.07. The quantitative estimate of drug-likeness (QED) is 0.795. The summed E-state index contributed by atoms with van der Waals surface area (Å²) in [5, 5.41) is 9.14. The number of carboxylic acid groups (broad SMARTS) is 1. The van der Waals surface area contributed by atoms with Crippen LogP contribution in [0.3, 0.4) is 0 Å². The van der Waals surface area contributed by atoms with Crippen molar-refractivity contribution in [1.29, 1.82) is 0 Å². The Balaban J connectivity index is 2.15. The van der Waals surface area contributed by atoms with E-state index in [-0.39, 0.29) is 29.1 Å². The standard InChI is InChI=1S/C15H11NO4/c16-15(14(19)20)6-5-10-11(7-15)13(18)9-4-2-1-3-8(9)12(10)17/h1-6H,7,16H2,(H,19,20). The zero-order valence-electron chi connectivity index (χ0n) is 10.4. The lowest BCUT2D eigenvalue weighted by Gasteiger charge is -2.29. The number of aliphatic carboxylic acids is 1. The molecule has 1 atom stereocenters. The molecule has 0 spiro atoms. The second-order valence-electron chi connectivity index (χ2n) is 4.95. The first-order chi connectivity index (χ1) is 9.44. The Kier molecular flexibility index (Phi) is 2.49. The van der Waals surface area contributed by atoms with E-state index in [2.05, 4.69) is 0 Å². The molecule has 0 aromatic heterocycles. The number of Topliss-reactive ketones (excluding diaryl/α,β-unsaturated/α-hetero) is 2. The fourth-order valence-corrected chi connectivity index (χ4v) is 2.53. The van der Waals surface area contributed by atoms with E-state index in [4.69, 9.17) is 10.8 Å². The summed E-state index contributed by atoms with van der Waals surface area (Å²) in [6.45, 7) is 0. The molecule has 3 rings (SSSR count). The topological polar surface area (TPSA) is 97.5 Å². The Labute approximate surface area is 114 Å². The number of carbonyl (C=O) groups excluding carboxylic acids is 2. The minimum atomic E-state index is -1.64. The van der Waals surface area contributed by atoms with E-state index >= 15 is 0 Å². The van der Waals surface area contributed by atoms with Gasteiger partial charge in [0.15, 0.2) is 11.6 Å². The van der Waals surface area contributed by atoms with Crippen LogP contribution in [0.5, 0.6) is 0 Å². The summed E-state index contributed by atoms with van der Waals surface area (Å²) in [7, 11) is 0. The molecule has 1 unspecified atom stereocenters. The molecule has 5 heteroatoms. The van der Waals surface area contributed by atoms with Gasteiger partial charge in [0.05, 0.1) is 0 Å². The van der Waals surface area contributed by atoms with Crippen LogP contribution < -0.4 is 5.73 Å². The van der Waals surface area contributed by atoms with Crippen molar-refractivity contribution < 1.29 is 19.5 Å². The summed E-state index contributed by atoms with van der Waals surface area (Å²) >= 11 is 0. The third-order valence-electron chi connectivity index (χ3n) is 3.68. The molecule has 100 valence electrons. The van der Waals surface area contributed by atoms with Crippen LogP contribution in [-0.4, -0.2) is 28.2 Å². The van der Waals surface area contributed by atoms with Crippen LogP contribution in [0.2, 0.25) is 0 Å². The third-order valence-corrected chi connectivity index (χ3v) is 3.68. The average Bonchev–Trinajstić information content (AvgIpc) is 2.44. The average molecular weight is 269 g/mol. The van der Waals surface area contributed by atoms with Gasteiger partial charge in [-0.2, -0.15) is 0 Å². The van der Waals surface area contributed by atoms with Crippen molar-refractivity contribution in [3.63, 3.8) is 0 Å². The lowest BCUT2D eigenvalue weighted by Crippen LogP contribution is -2.49. The van der Waals surface area contributed by atoms with Crippen molar-refractivity contribution in [2.45, 2.75) is 12.0 Å². The van der Waals surface area contributed by atoms with Crippen molar-refractivity contribution in [2.75, 3.05) is 0 Å². The highest BCUT2D eigenvalue weighted by Gasteiger charge is 2.41. The Morgan fingerprint density at radius 2 is 1.75 bits per heavy atom. The molecule has 0 amide bonds. The maximum atomic E-state index is 12.4. The minimum absolute atomic E-state index is 0.174. The maximum Gasteiger partial charge on any atom is 0.328 e. The first-order valence-corrected chi connectivity index (χ1v) is 6.07. The van der Waals surface area contributed by atoms with Gasteiger partial charge in [-0.3, -0.25) is 9.59 Å². The van der Waals surface area contributed by atoms with E-state index in [1.54, 1.807) is 24.3 Å². The highest BCUT2D eigenvalue weighted by atomic mass is 16.4. The fourth-order valence-electron chi connectivity index (χ4n) is 2.53. The van der Waals surface area contributed by atoms with Crippen molar-refractivity contribution in [1.82, 2.24) is 0 Å². The molecule has 20 heavy (non-hydrogen) atoms. The van der Waals surface area contributed by atoms with Crippen LogP contribution in [0, 0.1) is 0 Å². The monoisotopic (exact) mass is 269 g/mol.